The summed E-state index contributed by atoms with van der Waals surface area (Å²) < 4.78 is 5.11. The van der Waals surface area contributed by atoms with Gasteiger partial charge in [0.1, 0.15) is 6.61 Å². The standard InChI is InChI=1S/C13H12N2O2/c1-10-7-8-14-12(15-10)13(16)17-9-11-5-3-2-4-6-11/h2-8H,9H2,1H3. The highest BCUT2D eigenvalue weighted by Crippen LogP contribution is 2.03. The summed E-state index contributed by atoms with van der Waals surface area (Å²) in [5, 5.41) is 0. The Hall–Kier alpha value is -2.23. The molecule has 0 radical (unpaired) electrons. The van der Waals surface area contributed by atoms with E-state index in [0.29, 0.717) is 0 Å². The summed E-state index contributed by atoms with van der Waals surface area (Å²) in [7, 11) is 0. The molecule has 0 saturated carbocycles. The zero-order valence-electron chi connectivity index (χ0n) is 9.46. The number of aromatic nitrogens is 2. The van der Waals surface area contributed by atoms with Gasteiger partial charge < -0.3 is 4.74 Å². The van der Waals surface area contributed by atoms with Gasteiger partial charge in [-0.1, -0.05) is 30.3 Å². The normalized spacial score (nSPS) is 9.94. The summed E-state index contributed by atoms with van der Waals surface area (Å²) in [4.78, 5) is 19.5. The fourth-order valence-corrected chi connectivity index (χ4v) is 1.33. The van der Waals surface area contributed by atoms with Crippen molar-refractivity contribution in [3.8, 4) is 0 Å². The molecular formula is C13H12N2O2. The molecule has 0 spiro atoms. The smallest absolute Gasteiger partial charge is 0.376 e. The van der Waals surface area contributed by atoms with Crippen LogP contribution in [0.15, 0.2) is 42.6 Å². The first-order valence-corrected chi connectivity index (χ1v) is 5.26. The molecule has 0 atom stereocenters. The second-order valence-electron chi connectivity index (χ2n) is 3.58. The third kappa shape index (κ3) is 3.11. The third-order valence-corrected chi connectivity index (χ3v) is 2.19. The summed E-state index contributed by atoms with van der Waals surface area (Å²) in [6.45, 7) is 2.03. The Morgan fingerprint density at radius 1 is 1.24 bits per heavy atom. The van der Waals surface area contributed by atoms with E-state index in [-0.39, 0.29) is 12.4 Å². The van der Waals surface area contributed by atoms with Crippen molar-refractivity contribution in [2.45, 2.75) is 13.5 Å². The maximum atomic E-state index is 11.6. The fourth-order valence-electron chi connectivity index (χ4n) is 1.33. The van der Waals surface area contributed by atoms with Crippen LogP contribution in [0.2, 0.25) is 0 Å². The van der Waals surface area contributed by atoms with Gasteiger partial charge in [-0.15, -0.1) is 0 Å². The third-order valence-electron chi connectivity index (χ3n) is 2.19. The van der Waals surface area contributed by atoms with E-state index in [9.17, 15) is 4.79 Å². The number of aryl methyl sites for hydroxylation is 1. The minimum Gasteiger partial charge on any atom is -0.455 e. The minimum atomic E-state index is -0.502. The lowest BCUT2D eigenvalue weighted by Gasteiger charge is -2.03. The predicted octanol–water partition coefficient (Wildman–Crippen LogP) is 2.14. The molecule has 4 heteroatoms. The lowest BCUT2D eigenvalue weighted by atomic mass is 10.2. The molecular weight excluding hydrogens is 216 g/mol. The molecule has 86 valence electrons. The first kappa shape index (κ1) is 11.3. The maximum Gasteiger partial charge on any atom is 0.376 e. The summed E-state index contributed by atoms with van der Waals surface area (Å²) in [5.74, 6) is -0.404. The van der Waals surface area contributed by atoms with Crippen molar-refractivity contribution in [1.29, 1.82) is 0 Å². The predicted molar refractivity (Wildman–Crippen MR) is 62.3 cm³/mol. The van der Waals surface area contributed by atoms with Crippen molar-refractivity contribution >= 4 is 5.97 Å². The van der Waals surface area contributed by atoms with Crippen LogP contribution in [-0.2, 0) is 11.3 Å². The molecule has 0 aliphatic heterocycles. The van der Waals surface area contributed by atoms with Gasteiger partial charge in [-0.25, -0.2) is 14.8 Å². The molecule has 1 aromatic heterocycles. The molecule has 1 aromatic carbocycles. The first-order valence-electron chi connectivity index (χ1n) is 5.26. The molecule has 0 aliphatic rings. The van der Waals surface area contributed by atoms with Gasteiger partial charge in [0, 0.05) is 11.9 Å². The molecule has 17 heavy (non-hydrogen) atoms. The van der Waals surface area contributed by atoms with E-state index in [2.05, 4.69) is 9.97 Å². The van der Waals surface area contributed by atoms with Crippen molar-refractivity contribution < 1.29 is 9.53 Å². The Bertz CT molecular complexity index is 512. The topological polar surface area (TPSA) is 52.1 Å². The Morgan fingerprint density at radius 2 is 2.00 bits per heavy atom. The molecule has 0 aliphatic carbocycles. The Morgan fingerprint density at radius 3 is 2.71 bits per heavy atom. The van der Waals surface area contributed by atoms with Gasteiger partial charge >= 0.3 is 5.97 Å². The van der Waals surface area contributed by atoms with Crippen molar-refractivity contribution in [1.82, 2.24) is 9.97 Å². The van der Waals surface area contributed by atoms with Crippen molar-refractivity contribution in [2.75, 3.05) is 0 Å². The molecule has 1 heterocycles. The molecule has 0 fully saturated rings. The minimum absolute atomic E-state index is 0.0981. The average Bonchev–Trinajstić information content (AvgIpc) is 2.37. The zero-order valence-corrected chi connectivity index (χ0v) is 9.46. The molecule has 0 unspecified atom stereocenters. The van der Waals surface area contributed by atoms with Gasteiger partial charge in [-0.3, -0.25) is 0 Å². The number of hydrogen-bond acceptors (Lipinski definition) is 4. The highest BCUT2D eigenvalue weighted by molar-refractivity contribution is 5.85. The Kier molecular flexibility index (Phi) is 3.45. The second kappa shape index (κ2) is 5.21. The Labute approximate surface area is 99.3 Å². The molecule has 2 rings (SSSR count). The fraction of sp³-hybridized carbons (Fsp3) is 0.154. The van der Waals surface area contributed by atoms with Crippen LogP contribution in [0.1, 0.15) is 21.9 Å². The van der Waals surface area contributed by atoms with Gasteiger partial charge in [0.2, 0.25) is 5.82 Å². The number of esters is 1. The van der Waals surface area contributed by atoms with Crippen LogP contribution in [0, 0.1) is 6.92 Å². The summed E-state index contributed by atoms with van der Waals surface area (Å²) in [6.07, 6.45) is 1.54. The second-order valence-corrected chi connectivity index (χ2v) is 3.58. The van der Waals surface area contributed by atoms with E-state index in [1.807, 2.05) is 30.3 Å². The quantitative estimate of drug-likeness (QED) is 0.755. The van der Waals surface area contributed by atoms with Gasteiger partial charge in [0.05, 0.1) is 0 Å². The van der Waals surface area contributed by atoms with Gasteiger partial charge in [-0.05, 0) is 18.6 Å². The lowest BCUT2D eigenvalue weighted by Crippen LogP contribution is -2.10. The van der Waals surface area contributed by atoms with Crippen LogP contribution < -0.4 is 0 Å². The van der Waals surface area contributed by atoms with Gasteiger partial charge in [0.15, 0.2) is 0 Å². The van der Waals surface area contributed by atoms with Crippen molar-refractivity contribution in [3.63, 3.8) is 0 Å². The van der Waals surface area contributed by atoms with Crippen LogP contribution in [0.5, 0.6) is 0 Å². The molecule has 2 aromatic rings. The highest BCUT2D eigenvalue weighted by atomic mass is 16.5. The number of benzene rings is 1. The molecule has 4 nitrogen and oxygen atoms in total. The zero-order chi connectivity index (χ0) is 12.1. The average molecular weight is 228 g/mol. The SMILES string of the molecule is Cc1ccnc(C(=O)OCc2ccccc2)n1. The summed E-state index contributed by atoms with van der Waals surface area (Å²) in [6, 6.07) is 11.2. The molecule has 0 bridgehead atoms. The van der Waals surface area contributed by atoms with E-state index in [0.717, 1.165) is 11.3 Å². The van der Waals surface area contributed by atoms with E-state index < -0.39 is 5.97 Å². The number of rotatable bonds is 3. The maximum absolute atomic E-state index is 11.6. The number of nitrogens with zero attached hydrogens (tertiary/aromatic N) is 2. The number of carbonyl (C=O) groups excluding carboxylic acids is 1. The lowest BCUT2D eigenvalue weighted by molar-refractivity contribution is 0.0458. The number of hydrogen-bond donors (Lipinski definition) is 0. The largest absolute Gasteiger partial charge is 0.455 e. The van der Waals surface area contributed by atoms with Crippen molar-refractivity contribution in [2.24, 2.45) is 0 Å². The van der Waals surface area contributed by atoms with Gasteiger partial charge in [-0.2, -0.15) is 0 Å². The number of carbonyl (C=O) groups is 1. The summed E-state index contributed by atoms with van der Waals surface area (Å²) in [5.41, 5.74) is 1.68. The first-order chi connectivity index (χ1) is 8.25. The van der Waals surface area contributed by atoms with Crippen LogP contribution in [-0.4, -0.2) is 15.9 Å². The van der Waals surface area contributed by atoms with E-state index in [1.54, 1.807) is 19.2 Å². The monoisotopic (exact) mass is 228 g/mol. The van der Waals surface area contributed by atoms with E-state index in [1.165, 1.54) is 0 Å². The van der Waals surface area contributed by atoms with Crippen LogP contribution in [0.3, 0.4) is 0 Å². The molecule has 0 saturated heterocycles. The molecule has 0 N–H and O–H groups in total. The van der Waals surface area contributed by atoms with E-state index >= 15 is 0 Å². The van der Waals surface area contributed by atoms with E-state index in [4.69, 9.17) is 4.74 Å². The highest BCUT2D eigenvalue weighted by Gasteiger charge is 2.10. The van der Waals surface area contributed by atoms with Crippen LogP contribution in [0.4, 0.5) is 0 Å². The molecule has 0 amide bonds. The van der Waals surface area contributed by atoms with Crippen LogP contribution >= 0.6 is 0 Å². The summed E-state index contributed by atoms with van der Waals surface area (Å²) >= 11 is 0. The van der Waals surface area contributed by atoms with Crippen LogP contribution in [0.25, 0.3) is 0 Å². The Balaban J connectivity index is 1.98. The number of ether oxygens (including phenoxy) is 1. The van der Waals surface area contributed by atoms with Gasteiger partial charge in [0.25, 0.3) is 0 Å². The van der Waals surface area contributed by atoms with Crippen molar-refractivity contribution in [3.05, 3.63) is 59.7 Å².